The molecule has 0 amide bonds. The predicted octanol–water partition coefficient (Wildman–Crippen LogP) is 3.08. The van der Waals surface area contributed by atoms with Gasteiger partial charge in [0.2, 0.25) is 0 Å². The van der Waals surface area contributed by atoms with Gasteiger partial charge >= 0.3 is 0 Å². The highest BCUT2D eigenvalue weighted by Gasteiger charge is 2.10. The number of rotatable bonds is 5. The number of imidazole rings is 1. The zero-order valence-electron chi connectivity index (χ0n) is 11.3. The third kappa shape index (κ3) is 3.96. The molecule has 0 radical (unpaired) electrons. The van der Waals surface area contributed by atoms with Crippen LogP contribution in [0.25, 0.3) is 0 Å². The quantitative estimate of drug-likeness (QED) is 0.898. The van der Waals surface area contributed by atoms with E-state index in [0.717, 1.165) is 19.5 Å². The van der Waals surface area contributed by atoms with Crippen molar-refractivity contribution in [2.24, 2.45) is 0 Å². The Balaban J connectivity index is 1.91. The summed E-state index contributed by atoms with van der Waals surface area (Å²) in [6, 6.07) is 2.19. The van der Waals surface area contributed by atoms with Crippen molar-refractivity contribution in [2.45, 2.75) is 45.8 Å². The Bertz CT molecular complexity index is 465. The van der Waals surface area contributed by atoms with E-state index in [4.69, 9.17) is 0 Å². The number of hydrogen-bond donors (Lipinski definition) is 1. The van der Waals surface area contributed by atoms with Crippen LogP contribution in [0.4, 0.5) is 0 Å². The van der Waals surface area contributed by atoms with Crippen molar-refractivity contribution >= 4 is 11.3 Å². The molecule has 3 nitrogen and oxygen atoms in total. The Morgan fingerprint density at radius 3 is 2.89 bits per heavy atom. The first kappa shape index (κ1) is 13.3. The van der Waals surface area contributed by atoms with Crippen molar-refractivity contribution in [2.75, 3.05) is 0 Å². The fourth-order valence-corrected chi connectivity index (χ4v) is 2.44. The van der Waals surface area contributed by atoms with E-state index in [1.165, 1.54) is 11.3 Å². The first-order chi connectivity index (χ1) is 8.54. The number of nitrogens with zero attached hydrogens (tertiary/aromatic N) is 2. The monoisotopic (exact) mass is 263 g/mol. The maximum absolute atomic E-state index is 4.25. The lowest BCUT2D eigenvalue weighted by Gasteiger charge is -2.20. The van der Waals surface area contributed by atoms with E-state index in [2.05, 4.69) is 52.5 Å². The summed E-state index contributed by atoms with van der Waals surface area (Å²) in [7, 11) is 0. The molecule has 0 fully saturated rings. The van der Waals surface area contributed by atoms with Crippen LogP contribution in [0.1, 0.15) is 32.0 Å². The van der Waals surface area contributed by atoms with E-state index in [-0.39, 0.29) is 5.54 Å². The van der Waals surface area contributed by atoms with E-state index in [1.54, 1.807) is 11.3 Å². The highest BCUT2D eigenvalue weighted by molar-refractivity contribution is 7.07. The molecule has 0 saturated carbocycles. The van der Waals surface area contributed by atoms with Gasteiger partial charge in [0.05, 0.1) is 12.0 Å². The van der Waals surface area contributed by atoms with Crippen LogP contribution >= 0.6 is 11.3 Å². The van der Waals surface area contributed by atoms with Crippen LogP contribution in [-0.2, 0) is 19.5 Å². The molecule has 2 aromatic heterocycles. The summed E-state index contributed by atoms with van der Waals surface area (Å²) in [6.07, 6.45) is 4.95. The van der Waals surface area contributed by atoms with Gasteiger partial charge in [-0.3, -0.25) is 0 Å². The van der Waals surface area contributed by atoms with Crippen LogP contribution in [0.5, 0.6) is 0 Å². The van der Waals surface area contributed by atoms with Gasteiger partial charge in [-0.1, -0.05) is 0 Å². The normalized spacial score (nSPS) is 11.9. The van der Waals surface area contributed by atoms with Crippen LogP contribution in [-0.4, -0.2) is 15.1 Å². The highest BCUT2D eigenvalue weighted by Crippen LogP contribution is 2.09. The molecule has 0 aromatic carbocycles. The number of thiophene rings is 1. The molecule has 0 saturated heterocycles. The second-order valence-electron chi connectivity index (χ2n) is 5.56. The van der Waals surface area contributed by atoms with Gasteiger partial charge in [-0.25, -0.2) is 4.98 Å². The standard InChI is InChI=1S/C14H21N3S/c1-14(2,3)16-9-13-8-15-11-17(13)6-4-12-5-7-18-10-12/h5,7-8,10-11,16H,4,6,9H2,1-3H3. The Labute approximate surface area is 113 Å². The van der Waals surface area contributed by atoms with Gasteiger partial charge in [-0.2, -0.15) is 11.3 Å². The summed E-state index contributed by atoms with van der Waals surface area (Å²) < 4.78 is 2.23. The molecule has 0 spiro atoms. The fourth-order valence-electron chi connectivity index (χ4n) is 1.74. The largest absolute Gasteiger partial charge is 0.333 e. The summed E-state index contributed by atoms with van der Waals surface area (Å²) in [5, 5.41) is 7.84. The Hall–Kier alpha value is -1.13. The van der Waals surface area contributed by atoms with Gasteiger partial charge < -0.3 is 9.88 Å². The molecule has 0 unspecified atom stereocenters. The number of aromatic nitrogens is 2. The van der Waals surface area contributed by atoms with Crippen molar-refractivity contribution in [1.29, 1.82) is 0 Å². The van der Waals surface area contributed by atoms with Gasteiger partial charge in [0, 0.05) is 24.8 Å². The van der Waals surface area contributed by atoms with Crippen LogP contribution in [0.15, 0.2) is 29.4 Å². The molecule has 2 aromatic rings. The SMILES string of the molecule is CC(C)(C)NCc1cncn1CCc1ccsc1. The second kappa shape index (κ2) is 5.67. The molecular weight excluding hydrogens is 242 g/mol. The molecule has 0 aliphatic heterocycles. The van der Waals surface area contributed by atoms with Crippen molar-refractivity contribution < 1.29 is 0 Å². The first-order valence-corrected chi connectivity index (χ1v) is 7.24. The molecule has 1 N–H and O–H groups in total. The summed E-state index contributed by atoms with van der Waals surface area (Å²) in [5.41, 5.74) is 2.80. The van der Waals surface area contributed by atoms with Crippen molar-refractivity contribution in [3.05, 3.63) is 40.6 Å². The Kier molecular flexibility index (Phi) is 4.19. The fraction of sp³-hybridized carbons (Fsp3) is 0.500. The van der Waals surface area contributed by atoms with Gasteiger partial charge in [-0.15, -0.1) is 0 Å². The van der Waals surface area contributed by atoms with Crippen molar-refractivity contribution in [3.63, 3.8) is 0 Å². The number of nitrogens with one attached hydrogen (secondary N) is 1. The van der Waals surface area contributed by atoms with E-state index in [0.29, 0.717) is 0 Å². The minimum absolute atomic E-state index is 0.141. The molecule has 98 valence electrons. The van der Waals surface area contributed by atoms with Crippen LogP contribution in [0.3, 0.4) is 0 Å². The van der Waals surface area contributed by atoms with E-state index in [1.807, 2.05) is 12.5 Å². The molecular formula is C14H21N3S. The molecule has 0 bridgehead atoms. The lowest BCUT2D eigenvalue weighted by atomic mass is 10.1. The predicted molar refractivity (Wildman–Crippen MR) is 76.8 cm³/mol. The van der Waals surface area contributed by atoms with Gasteiger partial charge in [-0.05, 0) is 49.6 Å². The molecule has 0 atom stereocenters. The number of hydrogen-bond acceptors (Lipinski definition) is 3. The van der Waals surface area contributed by atoms with Crippen LogP contribution in [0, 0.1) is 0 Å². The van der Waals surface area contributed by atoms with Gasteiger partial charge in [0.15, 0.2) is 0 Å². The maximum atomic E-state index is 4.25. The summed E-state index contributed by atoms with van der Waals surface area (Å²) >= 11 is 1.76. The third-order valence-electron chi connectivity index (χ3n) is 2.82. The zero-order valence-corrected chi connectivity index (χ0v) is 12.1. The summed E-state index contributed by atoms with van der Waals surface area (Å²) in [4.78, 5) is 4.25. The van der Waals surface area contributed by atoms with Gasteiger partial charge in [0.25, 0.3) is 0 Å². The van der Waals surface area contributed by atoms with Crippen LogP contribution in [0.2, 0.25) is 0 Å². The first-order valence-electron chi connectivity index (χ1n) is 6.30. The smallest absolute Gasteiger partial charge is 0.0948 e. The number of aryl methyl sites for hydroxylation is 2. The van der Waals surface area contributed by atoms with Crippen LogP contribution < -0.4 is 5.32 Å². The average Bonchev–Trinajstić information content (AvgIpc) is 2.94. The third-order valence-corrected chi connectivity index (χ3v) is 3.55. The lowest BCUT2D eigenvalue weighted by molar-refractivity contribution is 0.415. The minimum atomic E-state index is 0.141. The lowest BCUT2D eigenvalue weighted by Crippen LogP contribution is -2.35. The Morgan fingerprint density at radius 1 is 1.39 bits per heavy atom. The molecule has 2 rings (SSSR count). The molecule has 0 aliphatic carbocycles. The average molecular weight is 263 g/mol. The van der Waals surface area contributed by atoms with E-state index in [9.17, 15) is 0 Å². The molecule has 18 heavy (non-hydrogen) atoms. The van der Waals surface area contributed by atoms with Gasteiger partial charge in [0.1, 0.15) is 0 Å². The summed E-state index contributed by atoms with van der Waals surface area (Å²) in [5.74, 6) is 0. The highest BCUT2D eigenvalue weighted by atomic mass is 32.1. The summed E-state index contributed by atoms with van der Waals surface area (Å²) in [6.45, 7) is 8.40. The maximum Gasteiger partial charge on any atom is 0.0948 e. The van der Waals surface area contributed by atoms with E-state index >= 15 is 0 Å². The molecule has 0 aliphatic rings. The molecule has 2 heterocycles. The van der Waals surface area contributed by atoms with Crippen molar-refractivity contribution in [1.82, 2.24) is 14.9 Å². The van der Waals surface area contributed by atoms with Crippen molar-refractivity contribution in [3.8, 4) is 0 Å². The topological polar surface area (TPSA) is 29.9 Å². The minimum Gasteiger partial charge on any atom is -0.333 e. The van der Waals surface area contributed by atoms with E-state index < -0.39 is 0 Å². The zero-order chi connectivity index (χ0) is 13.0. The molecule has 4 heteroatoms. The Morgan fingerprint density at radius 2 is 2.22 bits per heavy atom. The second-order valence-corrected chi connectivity index (χ2v) is 6.34.